The lowest BCUT2D eigenvalue weighted by atomic mass is 10.3. The number of hydrogen-bond donors (Lipinski definition) is 2. The Hall–Kier alpha value is -1.18. The number of pyridine rings is 1. The summed E-state index contributed by atoms with van der Waals surface area (Å²) in [6.45, 7) is 7.32. The van der Waals surface area contributed by atoms with Crippen LogP contribution in [0.1, 0.15) is 26.7 Å². The molecule has 0 radical (unpaired) electrons. The quantitative estimate of drug-likeness (QED) is 0.793. The molecule has 118 valence electrons. The van der Waals surface area contributed by atoms with Crippen LogP contribution in [0.25, 0.3) is 0 Å². The normalized spacial score (nSPS) is 17.8. The molecule has 0 bridgehead atoms. The summed E-state index contributed by atoms with van der Waals surface area (Å²) in [7, 11) is -3.48. The average molecular weight is 312 g/mol. The van der Waals surface area contributed by atoms with Gasteiger partial charge in [-0.2, -0.15) is 0 Å². The molecule has 2 heterocycles. The fraction of sp³-hybridized carbons (Fsp3) is 0.643. The lowest BCUT2D eigenvalue weighted by Crippen LogP contribution is -2.40. The number of hydrogen-bond acceptors (Lipinski definition) is 5. The minimum Gasteiger partial charge on any atom is -0.370 e. The number of aromatic nitrogens is 1. The molecule has 0 aromatic carbocycles. The molecule has 2 rings (SSSR count). The van der Waals surface area contributed by atoms with Crippen molar-refractivity contribution in [1.29, 1.82) is 0 Å². The first-order valence-electron chi connectivity index (χ1n) is 7.46. The fourth-order valence-corrected chi connectivity index (χ4v) is 3.52. The molecule has 0 spiro atoms. The van der Waals surface area contributed by atoms with Crippen LogP contribution in [0.2, 0.25) is 0 Å². The molecule has 1 fully saturated rings. The molecular weight excluding hydrogens is 288 g/mol. The summed E-state index contributed by atoms with van der Waals surface area (Å²) in [4.78, 5) is 6.62. The van der Waals surface area contributed by atoms with Crippen LogP contribution >= 0.6 is 0 Å². The van der Waals surface area contributed by atoms with Gasteiger partial charge in [-0.25, -0.2) is 18.1 Å². The van der Waals surface area contributed by atoms with E-state index in [1.165, 1.54) is 19.0 Å². The lowest BCUT2D eigenvalue weighted by molar-refractivity contribution is 0.260. The summed E-state index contributed by atoms with van der Waals surface area (Å²) in [6, 6.07) is 3.48. The van der Waals surface area contributed by atoms with Crippen LogP contribution in [0.5, 0.6) is 0 Å². The van der Waals surface area contributed by atoms with Crippen molar-refractivity contribution in [1.82, 2.24) is 14.6 Å². The molecule has 1 aromatic rings. The van der Waals surface area contributed by atoms with Crippen LogP contribution in [0.15, 0.2) is 23.2 Å². The highest BCUT2D eigenvalue weighted by atomic mass is 32.2. The topological polar surface area (TPSA) is 74.3 Å². The van der Waals surface area contributed by atoms with Gasteiger partial charge in [0, 0.05) is 25.3 Å². The van der Waals surface area contributed by atoms with Gasteiger partial charge >= 0.3 is 0 Å². The van der Waals surface area contributed by atoms with Crippen molar-refractivity contribution >= 4 is 15.8 Å². The molecule has 21 heavy (non-hydrogen) atoms. The zero-order valence-electron chi connectivity index (χ0n) is 12.7. The highest BCUT2D eigenvalue weighted by Gasteiger charge is 2.21. The summed E-state index contributed by atoms with van der Waals surface area (Å²) in [5.74, 6) is 0.682. The largest absolute Gasteiger partial charge is 0.370 e. The Bertz CT molecular complexity index is 539. The summed E-state index contributed by atoms with van der Waals surface area (Å²) >= 11 is 0. The molecule has 1 aliphatic heterocycles. The maximum absolute atomic E-state index is 12.2. The van der Waals surface area contributed by atoms with E-state index in [-0.39, 0.29) is 10.9 Å². The summed E-state index contributed by atoms with van der Waals surface area (Å²) in [5.41, 5.74) is 0. The first-order valence-corrected chi connectivity index (χ1v) is 8.95. The number of nitrogens with one attached hydrogen (secondary N) is 2. The van der Waals surface area contributed by atoms with Crippen molar-refractivity contribution in [2.75, 3.05) is 31.5 Å². The summed E-state index contributed by atoms with van der Waals surface area (Å²) < 4.78 is 27.1. The molecular formula is C14H24N4O2S. The van der Waals surface area contributed by atoms with Crippen molar-refractivity contribution in [3.05, 3.63) is 18.3 Å². The van der Waals surface area contributed by atoms with E-state index in [2.05, 4.69) is 26.8 Å². The Morgan fingerprint density at radius 1 is 1.33 bits per heavy atom. The molecule has 0 amide bonds. The van der Waals surface area contributed by atoms with E-state index in [4.69, 9.17) is 0 Å². The summed E-state index contributed by atoms with van der Waals surface area (Å²) in [5, 5.41) is 3.04. The van der Waals surface area contributed by atoms with E-state index >= 15 is 0 Å². The van der Waals surface area contributed by atoms with Crippen molar-refractivity contribution < 1.29 is 8.42 Å². The first-order chi connectivity index (χ1) is 10.0. The fourth-order valence-electron chi connectivity index (χ4n) is 2.45. The Kier molecular flexibility index (Phi) is 5.55. The van der Waals surface area contributed by atoms with E-state index in [1.807, 2.05) is 6.92 Å². The van der Waals surface area contributed by atoms with Gasteiger partial charge in [0.2, 0.25) is 10.0 Å². The Morgan fingerprint density at radius 2 is 2.05 bits per heavy atom. The van der Waals surface area contributed by atoms with Gasteiger partial charge in [-0.1, -0.05) is 0 Å². The monoisotopic (exact) mass is 312 g/mol. The van der Waals surface area contributed by atoms with Crippen LogP contribution in [0.4, 0.5) is 5.82 Å². The molecule has 1 saturated heterocycles. The Labute approximate surface area is 127 Å². The van der Waals surface area contributed by atoms with Crippen molar-refractivity contribution in [2.24, 2.45) is 0 Å². The smallest absolute Gasteiger partial charge is 0.242 e. The minimum atomic E-state index is -3.48. The zero-order valence-corrected chi connectivity index (χ0v) is 13.5. The van der Waals surface area contributed by atoms with Crippen LogP contribution < -0.4 is 10.0 Å². The SMILES string of the molecule is CCNc1ccc(S(=O)(=O)NCC(C)N2CCCC2)cn1. The molecule has 1 atom stereocenters. The predicted molar refractivity (Wildman–Crippen MR) is 83.9 cm³/mol. The number of likely N-dealkylation sites (tertiary alicyclic amines) is 1. The molecule has 6 nitrogen and oxygen atoms in total. The number of nitrogens with zero attached hydrogens (tertiary/aromatic N) is 2. The van der Waals surface area contributed by atoms with Gasteiger partial charge in [0.1, 0.15) is 10.7 Å². The lowest BCUT2D eigenvalue weighted by Gasteiger charge is -2.23. The maximum Gasteiger partial charge on any atom is 0.242 e. The molecule has 0 saturated carbocycles. The highest BCUT2D eigenvalue weighted by molar-refractivity contribution is 7.89. The van der Waals surface area contributed by atoms with Crippen LogP contribution in [0, 0.1) is 0 Å². The Balaban J connectivity index is 1.94. The van der Waals surface area contributed by atoms with Crippen molar-refractivity contribution in [3.63, 3.8) is 0 Å². The van der Waals surface area contributed by atoms with Gasteiger partial charge in [-0.3, -0.25) is 4.90 Å². The second-order valence-corrected chi connectivity index (χ2v) is 7.12. The molecule has 1 aliphatic rings. The van der Waals surface area contributed by atoms with E-state index in [0.29, 0.717) is 12.4 Å². The van der Waals surface area contributed by atoms with Crippen LogP contribution in [0.3, 0.4) is 0 Å². The first kappa shape index (κ1) is 16.2. The zero-order chi connectivity index (χ0) is 15.3. The predicted octanol–water partition coefficient (Wildman–Crippen LogP) is 1.28. The van der Waals surface area contributed by atoms with Crippen molar-refractivity contribution in [2.45, 2.75) is 37.6 Å². The van der Waals surface area contributed by atoms with E-state index in [0.717, 1.165) is 19.6 Å². The van der Waals surface area contributed by atoms with Crippen molar-refractivity contribution in [3.8, 4) is 0 Å². The average Bonchev–Trinajstić information content (AvgIpc) is 3.00. The van der Waals surface area contributed by atoms with Gasteiger partial charge in [0.05, 0.1) is 0 Å². The molecule has 1 aromatic heterocycles. The molecule has 1 unspecified atom stereocenters. The standard InChI is InChI=1S/C14H24N4O2S/c1-3-15-14-7-6-13(11-16-14)21(19,20)17-10-12(2)18-8-4-5-9-18/h6-7,11-12,17H,3-5,8-10H2,1-2H3,(H,15,16). The second kappa shape index (κ2) is 7.20. The second-order valence-electron chi connectivity index (χ2n) is 5.35. The molecule has 7 heteroatoms. The van der Waals surface area contributed by atoms with Gasteiger partial charge in [-0.05, 0) is 51.9 Å². The number of anilines is 1. The third kappa shape index (κ3) is 4.39. The number of rotatable bonds is 7. The minimum absolute atomic E-state index is 0.206. The number of sulfonamides is 1. The highest BCUT2D eigenvalue weighted by Crippen LogP contribution is 2.13. The van der Waals surface area contributed by atoms with E-state index < -0.39 is 10.0 Å². The van der Waals surface area contributed by atoms with Crippen LogP contribution in [-0.2, 0) is 10.0 Å². The molecule has 2 N–H and O–H groups in total. The van der Waals surface area contributed by atoms with Gasteiger partial charge in [-0.15, -0.1) is 0 Å². The third-order valence-corrected chi connectivity index (χ3v) is 5.15. The van der Waals surface area contributed by atoms with E-state index in [9.17, 15) is 8.42 Å². The summed E-state index contributed by atoms with van der Waals surface area (Å²) in [6.07, 6.45) is 3.79. The van der Waals surface area contributed by atoms with E-state index in [1.54, 1.807) is 12.1 Å². The van der Waals surface area contributed by atoms with Gasteiger partial charge < -0.3 is 5.32 Å². The third-order valence-electron chi connectivity index (χ3n) is 3.74. The van der Waals surface area contributed by atoms with Gasteiger partial charge in [0.15, 0.2) is 0 Å². The van der Waals surface area contributed by atoms with Crippen LogP contribution in [-0.4, -0.2) is 50.5 Å². The Morgan fingerprint density at radius 3 is 2.62 bits per heavy atom. The molecule has 0 aliphatic carbocycles. The van der Waals surface area contributed by atoms with Gasteiger partial charge in [0.25, 0.3) is 0 Å². The maximum atomic E-state index is 12.2.